The van der Waals surface area contributed by atoms with Crippen molar-refractivity contribution in [3.63, 3.8) is 0 Å². The van der Waals surface area contributed by atoms with Crippen molar-refractivity contribution in [2.75, 3.05) is 13.1 Å². The molecule has 0 radical (unpaired) electrons. The van der Waals surface area contributed by atoms with Gasteiger partial charge in [-0.3, -0.25) is 4.99 Å². The Hall–Kier alpha value is -1.31. The maximum absolute atomic E-state index is 5.77. The van der Waals surface area contributed by atoms with Gasteiger partial charge in [0.05, 0.1) is 5.69 Å². The van der Waals surface area contributed by atoms with Gasteiger partial charge in [-0.25, -0.2) is 4.98 Å². The van der Waals surface area contributed by atoms with Crippen LogP contribution in [0.5, 0.6) is 0 Å². The molecule has 0 spiro atoms. The Labute approximate surface area is 136 Å². The molecule has 0 atom stereocenters. The van der Waals surface area contributed by atoms with Gasteiger partial charge in [-0.1, -0.05) is 19.4 Å². The lowest BCUT2D eigenvalue weighted by molar-refractivity contribution is 0.788. The minimum atomic E-state index is 0. The van der Waals surface area contributed by atoms with E-state index in [2.05, 4.69) is 22.2 Å². The molecule has 2 rings (SSSR count). The van der Waals surface area contributed by atoms with Crippen molar-refractivity contribution >= 4 is 35.6 Å². The topological polar surface area (TPSA) is 67.7 Å². The molecule has 3 N–H and O–H groups in total. The molecular formula is C14H22IN5. The Kier molecular flexibility index (Phi) is 7.35. The normalized spacial score (nSPS) is 11.3. The molecule has 2 aromatic heterocycles. The Morgan fingerprint density at radius 2 is 2.30 bits per heavy atom. The molecule has 0 saturated heterocycles. The zero-order valence-electron chi connectivity index (χ0n) is 11.7. The summed E-state index contributed by atoms with van der Waals surface area (Å²) < 4.78 is 2.02. The highest BCUT2D eigenvalue weighted by Crippen LogP contribution is 2.04. The second kappa shape index (κ2) is 8.78. The fourth-order valence-corrected chi connectivity index (χ4v) is 1.84. The molecule has 0 aliphatic heterocycles. The summed E-state index contributed by atoms with van der Waals surface area (Å²) >= 11 is 0. The number of aliphatic imine (C=N–C) groups is 1. The summed E-state index contributed by atoms with van der Waals surface area (Å²) in [5.41, 5.74) is 7.80. The first-order valence-electron chi connectivity index (χ1n) is 6.76. The minimum absolute atomic E-state index is 0. The van der Waals surface area contributed by atoms with Crippen LogP contribution in [-0.4, -0.2) is 28.4 Å². The van der Waals surface area contributed by atoms with Crippen LogP contribution in [0, 0.1) is 0 Å². The molecule has 5 nitrogen and oxygen atoms in total. The molecule has 110 valence electrons. The molecule has 20 heavy (non-hydrogen) atoms. The lowest BCUT2D eigenvalue weighted by Crippen LogP contribution is -2.33. The standard InChI is InChI=1S/C14H21N5.HI/c1-2-3-8-16-14(15)17-9-7-12-11-19-10-5-4-6-13(19)18-12;/h4-6,10-11H,2-3,7-9H2,1H3,(H3,15,16,17);1H. The fourth-order valence-electron chi connectivity index (χ4n) is 1.84. The number of hydrogen-bond donors (Lipinski definition) is 2. The number of nitrogens with two attached hydrogens (primary N) is 1. The number of hydrogen-bond acceptors (Lipinski definition) is 2. The maximum atomic E-state index is 5.77. The summed E-state index contributed by atoms with van der Waals surface area (Å²) in [6, 6.07) is 5.98. The number of guanidine groups is 1. The van der Waals surface area contributed by atoms with Gasteiger partial charge in [0.2, 0.25) is 0 Å². The Balaban J connectivity index is 0.00000200. The SMILES string of the molecule is CCCCN=C(N)NCCc1cn2ccccc2n1.I. The average molecular weight is 387 g/mol. The largest absolute Gasteiger partial charge is 0.370 e. The van der Waals surface area contributed by atoms with Gasteiger partial charge in [-0.15, -0.1) is 24.0 Å². The maximum Gasteiger partial charge on any atom is 0.188 e. The van der Waals surface area contributed by atoms with E-state index in [1.165, 1.54) is 0 Å². The number of fused-ring (bicyclic) bond motifs is 1. The number of nitrogens with one attached hydrogen (secondary N) is 1. The average Bonchev–Trinajstić information content (AvgIpc) is 2.81. The Morgan fingerprint density at radius 1 is 1.45 bits per heavy atom. The Bertz CT molecular complexity index is 516. The van der Waals surface area contributed by atoms with E-state index < -0.39 is 0 Å². The van der Waals surface area contributed by atoms with Crippen LogP contribution in [0.3, 0.4) is 0 Å². The Morgan fingerprint density at radius 3 is 3.05 bits per heavy atom. The smallest absolute Gasteiger partial charge is 0.188 e. The van der Waals surface area contributed by atoms with Crippen molar-refractivity contribution in [1.29, 1.82) is 0 Å². The first kappa shape index (κ1) is 16.7. The molecule has 0 bridgehead atoms. The number of halogens is 1. The molecular weight excluding hydrogens is 365 g/mol. The molecule has 2 aromatic rings. The predicted molar refractivity (Wildman–Crippen MR) is 93.7 cm³/mol. The minimum Gasteiger partial charge on any atom is -0.370 e. The molecule has 6 heteroatoms. The summed E-state index contributed by atoms with van der Waals surface area (Å²) in [5, 5.41) is 3.11. The van der Waals surface area contributed by atoms with Crippen molar-refractivity contribution in [3.05, 3.63) is 36.3 Å². The highest BCUT2D eigenvalue weighted by Gasteiger charge is 2.00. The van der Waals surface area contributed by atoms with Gasteiger partial charge < -0.3 is 15.5 Å². The van der Waals surface area contributed by atoms with Crippen molar-refractivity contribution in [2.24, 2.45) is 10.7 Å². The molecule has 0 amide bonds. The molecule has 0 aliphatic carbocycles. The number of pyridine rings is 1. The highest BCUT2D eigenvalue weighted by atomic mass is 127. The lowest BCUT2D eigenvalue weighted by atomic mass is 10.3. The summed E-state index contributed by atoms with van der Waals surface area (Å²) in [6.07, 6.45) is 7.10. The van der Waals surface area contributed by atoms with E-state index in [1.807, 2.05) is 35.0 Å². The zero-order valence-corrected chi connectivity index (χ0v) is 14.1. The quantitative estimate of drug-likeness (QED) is 0.346. The molecule has 0 aromatic carbocycles. The monoisotopic (exact) mass is 387 g/mol. The van der Waals surface area contributed by atoms with Crippen molar-refractivity contribution in [1.82, 2.24) is 14.7 Å². The van der Waals surface area contributed by atoms with Crippen LogP contribution in [0.15, 0.2) is 35.6 Å². The zero-order chi connectivity index (χ0) is 13.5. The van der Waals surface area contributed by atoms with E-state index in [1.54, 1.807) is 0 Å². The van der Waals surface area contributed by atoms with Crippen LogP contribution in [0.25, 0.3) is 5.65 Å². The van der Waals surface area contributed by atoms with Gasteiger partial charge in [-0.05, 0) is 18.6 Å². The molecule has 0 aliphatic rings. The molecule has 0 unspecified atom stereocenters. The first-order valence-corrected chi connectivity index (χ1v) is 6.76. The summed E-state index contributed by atoms with van der Waals surface area (Å²) in [5.74, 6) is 0.525. The van der Waals surface area contributed by atoms with Gasteiger partial charge in [0.1, 0.15) is 5.65 Å². The number of imidazole rings is 1. The summed E-state index contributed by atoms with van der Waals surface area (Å²) in [7, 11) is 0. The third-order valence-electron chi connectivity index (χ3n) is 2.89. The van der Waals surface area contributed by atoms with Crippen LogP contribution in [0.2, 0.25) is 0 Å². The second-order valence-electron chi connectivity index (χ2n) is 4.50. The first-order chi connectivity index (χ1) is 9.29. The van der Waals surface area contributed by atoms with Crippen molar-refractivity contribution in [2.45, 2.75) is 26.2 Å². The predicted octanol–water partition coefficient (Wildman–Crippen LogP) is 2.20. The van der Waals surface area contributed by atoms with Crippen LogP contribution in [0.1, 0.15) is 25.5 Å². The van der Waals surface area contributed by atoms with Crippen molar-refractivity contribution < 1.29 is 0 Å². The van der Waals surface area contributed by atoms with Crippen LogP contribution < -0.4 is 11.1 Å². The summed E-state index contributed by atoms with van der Waals surface area (Å²) in [6.45, 7) is 3.69. The molecule has 2 heterocycles. The summed E-state index contributed by atoms with van der Waals surface area (Å²) in [4.78, 5) is 8.77. The number of rotatable bonds is 6. The highest BCUT2D eigenvalue weighted by molar-refractivity contribution is 14.0. The van der Waals surface area contributed by atoms with E-state index in [0.29, 0.717) is 5.96 Å². The van der Waals surface area contributed by atoms with Gasteiger partial charge in [0.25, 0.3) is 0 Å². The number of unbranched alkanes of at least 4 members (excludes halogenated alkanes) is 1. The van der Waals surface area contributed by atoms with E-state index in [4.69, 9.17) is 5.73 Å². The van der Waals surface area contributed by atoms with Gasteiger partial charge >= 0.3 is 0 Å². The number of nitrogens with zero attached hydrogens (tertiary/aromatic N) is 3. The van der Waals surface area contributed by atoms with Crippen molar-refractivity contribution in [3.8, 4) is 0 Å². The molecule has 0 fully saturated rings. The van der Waals surface area contributed by atoms with E-state index in [0.717, 1.165) is 43.7 Å². The lowest BCUT2D eigenvalue weighted by Gasteiger charge is -2.03. The van der Waals surface area contributed by atoms with Crippen LogP contribution in [0.4, 0.5) is 0 Å². The van der Waals surface area contributed by atoms with E-state index in [9.17, 15) is 0 Å². The third kappa shape index (κ3) is 4.99. The second-order valence-corrected chi connectivity index (χ2v) is 4.50. The molecule has 0 saturated carbocycles. The third-order valence-corrected chi connectivity index (χ3v) is 2.89. The van der Waals surface area contributed by atoms with Gasteiger partial charge in [0.15, 0.2) is 5.96 Å². The van der Waals surface area contributed by atoms with E-state index >= 15 is 0 Å². The van der Waals surface area contributed by atoms with Gasteiger partial charge in [0, 0.05) is 31.9 Å². The van der Waals surface area contributed by atoms with Gasteiger partial charge in [-0.2, -0.15) is 0 Å². The van der Waals surface area contributed by atoms with Crippen LogP contribution in [-0.2, 0) is 6.42 Å². The van der Waals surface area contributed by atoms with E-state index in [-0.39, 0.29) is 24.0 Å². The fraction of sp³-hybridized carbons (Fsp3) is 0.429. The van der Waals surface area contributed by atoms with Crippen LogP contribution >= 0.6 is 24.0 Å². The number of aromatic nitrogens is 2.